The van der Waals surface area contributed by atoms with E-state index in [2.05, 4.69) is 6.92 Å². The molecule has 1 rings (SSSR count). The van der Waals surface area contributed by atoms with Crippen molar-refractivity contribution < 1.29 is 9.59 Å². The van der Waals surface area contributed by atoms with Gasteiger partial charge in [-0.05, 0) is 6.42 Å². The highest BCUT2D eigenvalue weighted by Crippen LogP contribution is 2.12. The van der Waals surface area contributed by atoms with Gasteiger partial charge in [-0.2, -0.15) is 0 Å². The molecular weight excluding hydrogens is 212 g/mol. The molecule has 0 N–H and O–H groups in total. The Labute approximate surface area is 103 Å². The van der Waals surface area contributed by atoms with Gasteiger partial charge >= 0.3 is 0 Å². The summed E-state index contributed by atoms with van der Waals surface area (Å²) in [6.45, 7) is 2.17. The number of hydrogen-bond acceptors (Lipinski definition) is 2. The molecule has 2 nitrogen and oxygen atoms in total. The summed E-state index contributed by atoms with van der Waals surface area (Å²) in [5.74, 6) is 0.0560. The van der Waals surface area contributed by atoms with Crippen LogP contribution < -0.4 is 0 Å². The zero-order valence-electron chi connectivity index (χ0n) is 10.4. The standard InChI is InChI=1S/C15H19O2/c1-2-3-4-5-6-11-15(17)14-10-8-7-9-13(14)12-16/h7-10H,2-6,11H2,1H3. The van der Waals surface area contributed by atoms with Gasteiger partial charge in [0.15, 0.2) is 5.78 Å². The van der Waals surface area contributed by atoms with Crippen LogP contribution >= 0.6 is 0 Å². The Bertz CT molecular complexity index is 369. The third-order valence-electron chi connectivity index (χ3n) is 2.84. The van der Waals surface area contributed by atoms with E-state index in [1.807, 2.05) is 6.29 Å². The van der Waals surface area contributed by atoms with Crippen molar-refractivity contribution in [2.45, 2.75) is 45.4 Å². The number of unbranched alkanes of at least 4 members (excludes halogenated alkanes) is 4. The normalized spacial score (nSPS) is 10.2. The maximum Gasteiger partial charge on any atom is 0.234 e. The lowest BCUT2D eigenvalue weighted by Gasteiger charge is -2.03. The van der Waals surface area contributed by atoms with Gasteiger partial charge in [0.25, 0.3) is 0 Å². The van der Waals surface area contributed by atoms with Gasteiger partial charge in [0, 0.05) is 17.5 Å². The molecule has 0 bridgehead atoms. The molecular formula is C15H19O2. The number of rotatable bonds is 8. The summed E-state index contributed by atoms with van der Waals surface area (Å²) >= 11 is 0. The molecule has 0 amide bonds. The van der Waals surface area contributed by atoms with Crippen LogP contribution in [0.5, 0.6) is 0 Å². The van der Waals surface area contributed by atoms with Gasteiger partial charge in [-0.25, -0.2) is 0 Å². The summed E-state index contributed by atoms with van der Waals surface area (Å²) in [4.78, 5) is 22.5. The predicted octanol–water partition coefficient (Wildman–Crippen LogP) is 3.69. The van der Waals surface area contributed by atoms with E-state index in [4.69, 9.17) is 0 Å². The maximum absolute atomic E-state index is 11.9. The number of Topliss-reactive ketones (excluding diaryl/α,β-unsaturated/α-hetero) is 1. The minimum Gasteiger partial charge on any atom is -0.294 e. The van der Waals surface area contributed by atoms with Gasteiger partial charge in [-0.1, -0.05) is 56.9 Å². The van der Waals surface area contributed by atoms with Gasteiger partial charge in [-0.15, -0.1) is 0 Å². The molecule has 0 saturated heterocycles. The van der Waals surface area contributed by atoms with Crippen molar-refractivity contribution in [2.24, 2.45) is 0 Å². The third-order valence-corrected chi connectivity index (χ3v) is 2.84. The molecule has 0 saturated carbocycles. The SMILES string of the molecule is CCCCCCCC(=O)c1ccccc1[C]=O. The lowest BCUT2D eigenvalue weighted by Crippen LogP contribution is -2.03. The largest absolute Gasteiger partial charge is 0.294 e. The van der Waals surface area contributed by atoms with Gasteiger partial charge < -0.3 is 0 Å². The molecule has 0 atom stereocenters. The molecule has 0 fully saturated rings. The minimum absolute atomic E-state index is 0.0560. The van der Waals surface area contributed by atoms with Crippen molar-refractivity contribution in [3.63, 3.8) is 0 Å². The molecule has 1 radical (unpaired) electrons. The van der Waals surface area contributed by atoms with E-state index >= 15 is 0 Å². The first kappa shape index (κ1) is 13.6. The van der Waals surface area contributed by atoms with Crippen LogP contribution in [-0.2, 0) is 4.79 Å². The Morgan fingerprint density at radius 3 is 2.53 bits per heavy atom. The molecule has 0 unspecified atom stereocenters. The smallest absolute Gasteiger partial charge is 0.234 e. The van der Waals surface area contributed by atoms with Crippen LogP contribution in [0.3, 0.4) is 0 Å². The van der Waals surface area contributed by atoms with E-state index in [0.29, 0.717) is 17.5 Å². The molecule has 0 aliphatic carbocycles. The minimum atomic E-state index is 0.0560. The average Bonchev–Trinajstić information content (AvgIpc) is 2.38. The summed E-state index contributed by atoms with van der Waals surface area (Å²) in [7, 11) is 0. The fourth-order valence-electron chi connectivity index (χ4n) is 1.84. The summed E-state index contributed by atoms with van der Waals surface area (Å²) in [6, 6.07) is 6.87. The summed E-state index contributed by atoms with van der Waals surface area (Å²) in [6.07, 6.45) is 7.97. The quantitative estimate of drug-likeness (QED) is 0.505. The molecule has 1 aromatic carbocycles. The molecule has 0 aliphatic rings. The first-order chi connectivity index (χ1) is 8.29. The highest BCUT2D eigenvalue weighted by Gasteiger charge is 2.10. The zero-order chi connectivity index (χ0) is 12.5. The van der Waals surface area contributed by atoms with Crippen molar-refractivity contribution in [3.05, 3.63) is 35.4 Å². The first-order valence-electron chi connectivity index (χ1n) is 6.30. The lowest BCUT2D eigenvalue weighted by atomic mass is 10.00. The van der Waals surface area contributed by atoms with Crippen LogP contribution in [0.1, 0.15) is 61.4 Å². The Morgan fingerprint density at radius 2 is 1.82 bits per heavy atom. The van der Waals surface area contributed by atoms with Crippen LogP contribution in [0.15, 0.2) is 24.3 Å². The average molecular weight is 231 g/mol. The second kappa shape index (κ2) is 7.77. The van der Waals surface area contributed by atoms with Crippen molar-refractivity contribution >= 4 is 12.1 Å². The van der Waals surface area contributed by atoms with Gasteiger partial charge in [0.2, 0.25) is 6.29 Å². The Morgan fingerprint density at radius 1 is 1.12 bits per heavy atom. The van der Waals surface area contributed by atoms with Crippen LogP contribution in [-0.4, -0.2) is 12.1 Å². The predicted molar refractivity (Wildman–Crippen MR) is 68.9 cm³/mol. The molecule has 2 heteroatoms. The molecule has 0 heterocycles. The summed E-state index contributed by atoms with van der Waals surface area (Å²) in [5, 5.41) is 0. The van der Waals surface area contributed by atoms with E-state index < -0.39 is 0 Å². The number of hydrogen-bond donors (Lipinski definition) is 0. The third kappa shape index (κ3) is 4.51. The van der Waals surface area contributed by atoms with Crippen molar-refractivity contribution in [1.82, 2.24) is 0 Å². The lowest BCUT2D eigenvalue weighted by molar-refractivity contribution is 0.0979. The second-order valence-corrected chi connectivity index (χ2v) is 4.24. The van der Waals surface area contributed by atoms with Crippen molar-refractivity contribution in [1.29, 1.82) is 0 Å². The monoisotopic (exact) mass is 231 g/mol. The Balaban J connectivity index is 2.44. The molecule has 17 heavy (non-hydrogen) atoms. The number of benzene rings is 1. The number of ketones is 1. The number of carbonyl (C=O) groups excluding carboxylic acids is 2. The summed E-state index contributed by atoms with van der Waals surface area (Å²) < 4.78 is 0. The van der Waals surface area contributed by atoms with Crippen LogP contribution in [0, 0.1) is 0 Å². The topological polar surface area (TPSA) is 34.1 Å². The van der Waals surface area contributed by atoms with E-state index in [1.165, 1.54) is 19.3 Å². The summed E-state index contributed by atoms with van der Waals surface area (Å²) in [5.41, 5.74) is 0.893. The molecule has 0 aliphatic heterocycles. The fourth-order valence-corrected chi connectivity index (χ4v) is 1.84. The van der Waals surface area contributed by atoms with E-state index in [0.717, 1.165) is 12.8 Å². The van der Waals surface area contributed by atoms with Crippen LogP contribution in [0.2, 0.25) is 0 Å². The first-order valence-corrected chi connectivity index (χ1v) is 6.30. The van der Waals surface area contributed by atoms with Gasteiger partial charge in [0.1, 0.15) is 0 Å². The molecule has 0 spiro atoms. The van der Waals surface area contributed by atoms with Crippen LogP contribution in [0.25, 0.3) is 0 Å². The van der Waals surface area contributed by atoms with Crippen molar-refractivity contribution in [3.8, 4) is 0 Å². The second-order valence-electron chi connectivity index (χ2n) is 4.24. The molecule has 91 valence electrons. The number of carbonyl (C=O) groups is 1. The van der Waals surface area contributed by atoms with Gasteiger partial charge in [0.05, 0.1) is 0 Å². The van der Waals surface area contributed by atoms with E-state index in [9.17, 15) is 9.59 Å². The fraction of sp³-hybridized carbons (Fsp3) is 0.467. The van der Waals surface area contributed by atoms with E-state index in [1.54, 1.807) is 24.3 Å². The maximum atomic E-state index is 11.9. The Kier molecular flexibility index (Phi) is 6.23. The van der Waals surface area contributed by atoms with E-state index in [-0.39, 0.29) is 5.78 Å². The highest BCUT2D eigenvalue weighted by atomic mass is 16.1. The van der Waals surface area contributed by atoms with Gasteiger partial charge in [-0.3, -0.25) is 9.59 Å². The Hall–Kier alpha value is -1.44. The highest BCUT2D eigenvalue weighted by molar-refractivity contribution is 6.02. The van der Waals surface area contributed by atoms with Crippen LogP contribution in [0.4, 0.5) is 0 Å². The molecule has 0 aromatic heterocycles. The van der Waals surface area contributed by atoms with Crippen molar-refractivity contribution in [2.75, 3.05) is 0 Å². The molecule has 1 aromatic rings. The zero-order valence-corrected chi connectivity index (χ0v) is 10.4.